The van der Waals surface area contributed by atoms with Gasteiger partial charge in [-0.15, -0.1) is 0 Å². The number of nitrogens with zero attached hydrogens (tertiary/aromatic N) is 1. The zero-order valence-corrected chi connectivity index (χ0v) is 11.4. The quantitative estimate of drug-likeness (QED) is 0.492. The lowest BCUT2D eigenvalue weighted by Crippen LogP contribution is -2.41. The molecule has 104 valence electrons. The first-order valence-electron chi connectivity index (χ1n) is 6.83. The summed E-state index contributed by atoms with van der Waals surface area (Å²) in [6.07, 6.45) is 4.20. The molecule has 0 unspecified atom stereocenters. The van der Waals surface area contributed by atoms with Gasteiger partial charge in [0.2, 0.25) is 5.91 Å². The summed E-state index contributed by atoms with van der Waals surface area (Å²) >= 11 is 0. The number of unbranched alkanes of at least 4 members (excludes halogenated alkanes) is 1. The summed E-state index contributed by atoms with van der Waals surface area (Å²) in [4.78, 5) is 25.0. The highest BCUT2D eigenvalue weighted by Crippen LogP contribution is 2.26. The smallest absolute Gasteiger partial charge is 0.320 e. The minimum absolute atomic E-state index is 0.000325. The molecule has 5 nitrogen and oxygen atoms in total. The maximum atomic E-state index is 11.7. The van der Waals surface area contributed by atoms with E-state index >= 15 is 0 Å². The van der Waals surface area contributed by atoms with E-state index in [2.05, 4.69) is 12.2 Å². The number of amides is 1. The van der Waals surface area contributed by atoms with Crippen molar-refractivity contribution in [3.8, 4) is 0 Å². The van der Waals surface area contributed by atoms with E-state index in [1.807, 2.05) is 4.90 Å². The lowest BCUT2D eigenvalue weighted by molar-refractivity contribution is -0.144. The molecule has 0 atom stereocenters. The van der Waals surface area contributed by atoms with Crippen molar-refractivity contribution in [2.45, 2.75) is 45.6 Å². The fourth-order valence-electron chi connectivity index (χ4n) is 1.77. The molecule has 1 N–H and O–H groups in total. The van der Waals surface area contributed by atoms with Crippen LogP contribution in [-0.4, -0.2) is 49.1 Å². The molecule has 0 bridgehead atoms. The summed E-state index contributed by atoms with van der Waals surface area (Å²) in [6, 6.07) is 0.381. The van der Waals surface area contributed by atoms with Gasteiger partial charge in [0, 0.05) is 12.6 Å². The highest BCUT2D eigenvalue weighted by molar-refractivity contribution is 5.79. The Labute approximate surface area is 109 Å². The molecule has 0 heterocycles. The van der Waals surface area contributed by atoms with Gasteiger partial charge >= 0.3 is 5.97 Å². The molecule has 18 heavy (non-hydrogen) atoms. The van der Waals surface area contributed by atoms with Gasteiger partial charge in [-0.2, -0.15) is 0 Å². The van der Waals surface area contributed by atoms with E-state index < -0.39 is 0 Å². The number of carbonyl (C=O) groups is 2. The average Bonchev–Trinajstić information content (AvgIpc) is 3.12. The molecule has 0 spiro atoms. The van der Waals surface area contributed by atoms with Crippen molar-refractivity contribution in [3.05, 3.63) is 0 Å². The van der Waals surface area contributed by atoms with Gasteiger partial charge in [0.1, 0.15) is 0 Å². The Morgan fingerprint density at radius 1 is 1.28 bits per heavy atom. The van der Waals surface area contributed by atoms with Crippen LogP contribution in [0.4, 0.5) is 0 Å². The fraction of sp³-hybridized carbons (Fsp3) is 0.846. The SMILES string of the molecule is CCCCNC(=O)CN(CC(=O)OCC)C1CC1. The molecule has 1 aliphatic rings. The van der Waals surface area contributed by atoms with Crippen LogP contribution in [0.25, 0.3) is 0 Å². The average molecular weight is 256 g/mol. The van der Waals surface area contributed by atoms with E-state index in [9.17, 15) is 9.59 Å². The van der Waals surface area contributed by atoms with Gasteiger partial charge in [0.15, 0.2) is 0 Å². The zero-order valence-electron chi connectivity index (χ0n) is 11.4. The van der Waals surface area contributed by atoms with Crippen LogP contribution >= 0.6 is 0 Å². The van der Waals surface area contributed by atoms with Gasteiger partial charge in [0.05, 0.1) is 19.7 Å². The topological polar surface area (TPSA) is 58.6 Å². The summed E-state index contributed by atoms with van der Waals surface area (Å²) in [7, 11) is 0. The van der Waals surface area contributed by atoms with Crippen LogP contribution in [0.2, 0.25) is 0 Å². The second-order valence-electron chi connectivity index (χ2n) is 4.64. The Balaban J connectivity index is 2.28. The van der Waals surface area contributed by atoms with Crippen LogP contribution < -0.4 is 5.32 Å². The molecular formula is C13H24N2O3. The van der Waals surface area contributed by atoms with Gasteiger partial charge in [-0.25, -0.2) is 0 Å². The number of hydrogen-bond donors (Lipinski definition) is 1. The van der Waals surface area contributed by atoms with E-state index in [4.69, 9.17) is 4.74 Å². The van der Waals surface area contributed by atoms with Crippen molar-refractivity contribution in [1.29, 1.82) is 0 Å². The maximum absolute atomic E-state index is 11.7. The number of hydrogen-bond acceptors (Lipinski definition) is 4. The Hall–Kier alpha value is -1.10. The molecule has 0 aromatic heterocycles. The normalized spacial score (nSPS) is 14.6. The van der Waals surface area contributed by atoms with Gasteiger partial charge < -0.3 is 10.1 Å². The molecule has 1 amide bonds. The van der Waals surface area contributed by atoms with E-state index in [1.54, 1.807) is 6.92 Å². The fourth-order valence-corrected chi connectivity index (χ4v) is 1.77. The van der Waals surface area contributed by atoms with E-state index in [0.29, 0.717) is 25.7 Å². The first-order chi connectivity index (χ1) is 8.67. The second kappa shape index (κ2) is 8.08. The lowest BCUT2D eigenvalue weighted by atomic mass is 10.3. The first-order valence-corrected chi connectivity index (χ1v) is 6.83. The number of carbonyl (C=O) groups excluding carboxylic acids is 2. The van der Waals surface area contributed by atoms with Crippen molar-refractivity contribution in [1.82, 2.24) is 10.2 Å². The summed E-state index contributed by atoms with van der Waals surface area (Å²) in [5.41, 5.74) is 0. The highest BCUT2D eigenvalue weighted by atomic mass is 16.5. The number of esters is 1. The second-order valence-corrected chi connectivity index (χ2v) is 4.64. The standard InChI is InChI=1S/C13H24N2O3/c1-3-5-8-14-12(16)9-15(11-6-7-11)10-13(17)18-4-2/h11H,3-10H2,1-2H3,(H,14,16). The van der Waals surface area contributed by atoms with E-state index in [1.165, 1.54) is 0 Å². The number of ether oxygens (including phenoxy) is 1. The zero-order chi connectivity index (χ0) is 13.4. The Morgan fingerprint density at radius 3 is 2.56 bits per heavy atom. The predicted octanol–water partition coefficient (Wildman–Crippen LogP) is 0.930. The van der Waals surface area contributed by atoms with Crippen LogP contribution in [0.1, 0.15) is 39.5 Å². The molecule has 0 aromatic rings. The van der Waals surface area contributed by atoms with E-state index in [0.717, 1.165) is 25.7 Å². The molecule has 5 heteroatoms. The first kappa shape index (κ1) is 15.0. The summed E-state index contributed by atoms with van der Waals surface area (Å²) in [5.74, 6) is -0.245. The summed E-state index contributed by atoms with van der Waals surface area (Å²) in [5, 5.41) is 2.87. The maximum Gasteiger partial charge on any atom is 0.320 e. The lowest BCUT2D eigenvalue weighted by Gasteiger charge is -2.20. The van der Waals surface area contributed by atoms with Crippen LogP contribution in [0.3, 0.4) is 0 Å². The monoisotopic (exact) mass is 256 g/mol. The Bertz CT molecular complexity index is 277. The van der Waals surface area contributed by atoms with Crippen molar-refractivity contribution in [2.24, 2.45) is 0 Å². The van der Waals surface area contributed by atoms with Gasteiger partial charge in [-0.1, -0.05) is 13.3 Å². The molecule has 1 aliphatic carbocycles. The molecule has 1 saturated carbocycles. The van der Waals surface area contributed by atoms with Crippen LogP contribution in [-0.2, 0) is 14.3 Å². The van der Waals surface area contributed by atoms with E-state index in [-0.39, 0.29) is 18.4 Å². The minimum Gasteiger partial charge on any atom is -0.465 e. The van der Waals surface area contributed by atoms with Gasteiger partial charge in [-0.3, -0.25) is 14.5 Å². The van der Waals surface area contributed by atoms with Crippen molar-refractivity contribution < 1.29 is 14.3 Å². The van der Waals surface area contributed by atoms with Crippen LogP contribution in [0, 0.1) is 0 Å². The molecule has 0 aliphatic heterocycles. The summed E-state index contributed by atoms with van der Waals surface area (Å²) in [6.45, 7) is 5.50. The van der Waals surface area contributed by atoms with Crippen molar-refractivity contribution >= 4 is 11.9 Å². The minimum atomic E-state index is -0.245. The van der Waals surface area contributed by atoms with Gasteiger partial charge in [-0.05, 0) is 26.2 Å². The third-order valence-electron chi connectivity index (χ3n) is 2.90. The molecule has 1 fully saturated rings. The molecule has 0 aromatic carbocycles. The Kier molecular flexibility index (Phi) is 6.72. The third-order valence-corrected chi connectivity index (χ3v) is 2.90. The molecule has 1 rings (SSSR count). The third kappa shape index (κ3) is 6.00. The highest BCUT2D eigenvalue weighted by Gasteiger charge is 2.31. The van der Waals surface area contributed by atoms with Crippen molar-refractivity contribution in [2.75, 3.05) is 26.2 Å². The predicted molar refractivity (Wildman–Crippen MR) is 69.1 cm³/mol. The molecule has 0 saturated heterocycles. The number of nitrogens with one attached hydrogen (secondary N) is 1. The van der Waals surface area contributed by atoms with Crippen molar-refractivity contribution in [3.63, 3.8) is 0 Å². The summed E-state index contributed by atoms with van der Waals surface area (Å²) < 4.78 is 4.92. The Morgan fingerprint density at radius 2 is 2.00 bits per heavy atom. The van der Waals surface area contributed by atoms with Gasteiger partial charge in [0.25, 0.3) is 0 Å². The number of rotatable bonds is 9. The molecule has 0 radical (unpaired) electrons. The largest absolute Gasteiger partial charge is 0.465 e. The van der Waals surface area contributed by atoms with Crippen LogP contribution in [0.5, 0.6) is 0 Å². The van der Waals surface area contributed by atoms with Crippen LogP contribution in [0.15, 0.2) is 0 Å². The molecular weight excluding hydrogens is 232 g/mol.